The molecule has 1 amide bonds. The maximum atomic E-state index is 13.2. The number of alkyl halides is 3. The van der Waals surface area contributed by atoms with Crippen LogP contribution in [0.25, 0.3) is 0 Å². The van der Waals surface area contributed by atoms with E-state index < -0.39 is 30.5 Å². The second-order valence-corrected chi connectivity index (χ2v) is 8.78. The molecule has 1 N–H and O–H groups in total. The van der Waals surface area contributed by atoms with Gasteiger partial charge < -0.3 is 24.3 Å². The second kappa shape index (κ2) is 10.6. The summed E-state index contributed by atoms with van der Waals surface area (Å²) in [5, 5.41) is 3.25. The lowest BCUT2D eigenvalue weighted by molar-refractivity contribution is -0.165. The van der Waals surface area contributed by atoms with Gasteiger partial charge in [0.25, 0.3) is 0 Å². The number of nitrogens with one attached hydrogen (secondary N) is 1. The second-order valence-electron chi connectivity index (χ2n) is 8.78. The summed E-state index contributed by atoms with van der Waals surface area (Å²) in [6.45, 7) is 2.37. The highest BCUT2D eigenvalue weighted by Crippen LogP contribution is 2.30. The number of benzene rings is 1. The number of carbonyl (C=O) groups excluding carboxylic acids is 2. The first-order valence-corrected chi connectivity index (χ1v) is 11.8. The van der Waals surface area contributed by atoms with E-state index in [9.17, 15) is 22.8 Å². The molecule has 1 aromatic carbocycles. The minimum Gasteiger partial charge on any atom is -0.493 e. The SMILES string of the molecule is CCOC(=O)CC1Cc2ccc(OCCc3cn4c(n3)NCCC4)cc2CN(CC(F)(F)F)C1=O. The van der Waals surface area contributed by atoms with Crippen LogP contribution in [0.5, 0.6) is 5.75 Å². The summed E-state index contributed by atoms with van der Waals surface area (Å²) in [6.07, 6.45) is -1.04. The molecule has 0 radical (unpaired) electrons. The zero-order chi connectivity index (χ0) is 25.0. The molecule has 0 bridgehead atoms. The van der Waals surface area contributed by atoms with E-state index in [1.165, 1.54) is 0 Å². The molecule has 1 atom stereocenters. The monoisotopic (exact) mass is 494 g/mol. The third-order valence-corrected chi connectivity index (χ3v) is 6.07. The van der Waals surface area contributed by atoms with E-state index in [0.29, 0.717) is 24.3 Å². The van der Waals surface area contributed by atoms with Crippen LogP contribution in [0.4, 0.5) is 19.1 Å². The number of ether oxygens (including phenoxy) is 2. The molecule has 0 saturated heterocycles. The van der Waals surface area contributed by atoms with E-state index in [4.69, 9.17) is 9.47 Å². The Morgan fingerprint density at radius 3 is 2.86 bits per heavy atom. The quantitative estimate of drug-likeness (QED) is 0.567. The average Bonchev–Trinajstić information content (AvgIpc) is 3.16. The molecule has 0 spiro atoms. The standard InChI is InChI=1S/C24H29F3N4O4/c1-2-34-21(32)12-17-10-16-4-5-20(11-18(16)13-31(22(17)33)15-24(25,26)27)35-9-6-19-14-30-8-3-7-28-23(30)29-19/h4-5,11,14,17H,2-3,6-10,12-13,15H2,1H3,(H,28,29). The number of amides is 1. The van der Waals surface area contributed by atoms with Gasteiger partial charge in [-0.1, -0.05) is 6.07 Å². The molecule has 11 heteroatoms. The summed E-state index contributed by atoms with van der Waals surface area (Å²) in [4.78, 5) is 30.2. The Kier molecular flexibility index (Phi) is 7.51. The fourth-order valence-electron chi connectivity index (χ4n) is 4.49. The van der Waals surface area contributed by atoms with Gasteiger partial charge in [-0.3, -0.25) is 9.59 Å². The Hall–Kier alpha value is -3.24. The van der Waals surface area contributed by atoms with Crippen LogP contribution in [-0.2, 0) is 40.3 Å². The minimum absolute atomic E-state index is 0.140. The fraction of sp³-hybridized carbons (Fsp3) is 0.542. The van der Waals surface area contributed by atoms with Gasteiger partial charge in [-0.25, -0.2) is 4.98 Å². The van der Waals surface area contributed by atoms with Crippen molar-refractivity contribution < 1.29 is 32.2 Å². The van der Waals surface area contributed by atoms with E-state index in [1.807, 2.05) is 6.20 Å². The van der Waals surface area contributed by atoms with Gasteiger partial charge in [0, 0.05) is 32.3 Å². The van der Waals surface area contributed by atoms with Crippen LogP contribution in [0.1, 0.15) is 36.6 Å². The number of halogens is 3. The first-order valence-electron chi connectivity index (χ1n) is 11.8. The van der Waals surface area contributed by atoms with Crippen LogP contribution in [0, 0.1) is 5.92 Å². The molecule has 8 nitrogen and oxygen atoms in total. The summed E-state index contributed by atoms with van der Waals surface area (Å²) < 4.78 is 52.5. The Morgan fingerprint density at radius 1 is 1.29 bits per heavy atom. The number of carbonyl (C=O) groups is 2. The molecule has 2 aromatic rings. The molecule has 4 rings (SSSR count). The summed E-state index contributed by atoms with van der Waals surface area (Å²) >= 11 is 0. The summed E-state index contributed by atoms with van der Waals surface area (Å²) in [5.74, 6) is -0.856. The van der Waals surface area contributed by atoms with Gasteiger partial charge >= 0.3 is 12.1 Å². The van der Waals surface area contributed by atoms with Gasteiger partial charge in [0.05, 0.1) is 31.2 Å². The number of aryl methyl sites for hydroxylation is 1. The van der Waals surface area contributed by atoms with Crippen molar-refractivity contribution >= 4 is 17.8 Å². The van der Waals surface area contributed by atoms with Gasteiger partial charge in [-0.05, 0) is 43.0 Å². The third-order valence-electron chi connectivity index (χ3n) is 6.07. The normalized spacial score (nSPS) is 17.8. The molecule has 2 aliphatic heterocycles. The molecule has 0 aliphatic carbocycles. The topological polar surface area (TPSA) is 85.7 Å². The Labute approximate surface area is 201 Å². The van der Waals surface area contributed by atoms with Crippen LogP contribution < -0.4 is 10.1 Å². The van der Waals surface area contributed by atoms with Crippen molar-refractivity contribution in [3.63, 3.8) is 0 Å². The highest BCUT2D eigenvalue weighted by Gasteiger charge is 2.38. The number of fused-ring (bicyclic) bond motifs is 2. The molecule has 2 aliphatic rings. The molecule has 0 saturated carbocycles. The Bertz CT molecular complexity index is 1050. The number of aromatic nitrogens is 2. The lowest BCUT2D eigenvalue weighted by Gasteiger charge is -2.25. The maximum Gasteiger partial charge on any atom is 0.406 e. The highest BCUT2D eigenvalue weighted by atomic mass is 19.4. The number of hydrogen-bond acceptors (Lipinski definition) is 6. The first kappa shape index (κ1) is 24.9. The molecule has 1 aromatic heterocycles. The lowest BCUT2D eigenvalue weighted by atomic mass is 9.94. The molecule has 3 heterocycles. The number of anilines is 1. The maximum absolute atomic E-state index is 13.2. The van der Waals surface area contributed by atoms with E-state index in [-0.39, 0.29) is 26.0 Å². The average molecular weight is 495 g/mol. The van der Waals surface area contributed by atoms with Crippen LogP contribution in [-0.4, -0.2) is 58.8 Å². The van der Waals surface area contributed by atoms with Crippen LogP contribution >= 0.6 is 0 Å². The number of hydrogen-bond donors (Lipinski definition) is 1. The minimum atomic E-state index is -4.55. The predicted octanol–water partition coefficient (Wildman–Crippen LogP) is 3.34. The van der Waals surface area contributed by atoms with Crippen LogP contribution in [0.2, 0.25) is 0 Å². The van der Waals surface area contributed by atoms with Crippen LogP contribution in [0.3, 0.4) is 0 Å². The molecule has 35 heavy (non-hydrogen) atoms. The van der Waals surface area contributed by atoms with Crippen molar-refractivity contribution in [3.8, 4) is 5.75 Å². The van der Waals surface area contributed by atoms with Gasteiger partial charge in [0.2, 0.25) is 11.9 Å². The molecule has 0 fully saturated rings. The van der Waals surface area contributed by atoms with E-state index >= 15 is 0 Å². The largest absolute Gasteiger partial charge is 0.493 e. The van der Waals surface area contributed by atoms with E-state index in [1.54, 1.807) is 25.1 Å². The van der Waals surface area contributed by atoms with Crippen molar-refractivity contribution in [2.75, 3.05) is 31.6 Å². The highest BCUT2D eigenvalue weighted by molar-refractivity contribution is 5.84. The van der Waals surface area contributed by atoms with Crippen LogP contribution in [0.15, 0.2) is 24.4 Å². The van der Waals surface area contributed by atoms with Crippen molar-refractivity contribution in [3.05, 3.63) is 41.2 Å². The number of esters is 1. The number of nitrogens with zero attached hydrogens (tertiary/aromatic N) is 3. The lowest BCUT2D eigenvalue weighted by Crippen LogP contribution is -2.41. The fourth-order valence-corrected chi connectivity index (χ4v) is 4.49. The smallest absolute Gasteiger partial charge is 0.406 e. The molecular formula is C24H29F3N4O4. The van der Waals surface area contributed by atoms with Gasteiger partial charge in [0.15, 0.2) is 0 Å². The van der Waals surface area contributed by atoms with Crippen molar-refractivity contribution in [1.82, 2.24) is 14.5 Å². The third kappa shape index (κ3) is 6.46. The van der Waals surface area contributed by atoms with E-state index in [0.717, 1.165) is 41.6 Å². The van der Waals surface area contributed by atoms with Crippen molar-refractivity contribution in [2.45, 2.75) is 51.9 Å². The zero-order valence-corrected chi connectivity index (χ0v) is 19.6. The van der Waals surface area contributed by atoms with Crippen molar-refractivity contribution in [1.29, 1.82) is 0 Å². The first-order chi connectivity index (χ1) is 16.7. The summed E-state index contributed by atoms with van der Waals surface area (Å²) in [7, 11) is 0. The number of imidazole rings is 1. The van der Waals surface area contributed by atoms with Gasteiger partial charge in [-0.2, -0.15) is 13.2 Å². The molecule has 1 unspecified atom stereocenters. The summed E-state index contributed by atoms with van der Waals surface area (Å²) in [6, 6.07) is 5.18. The number of rotatable bonds is 8. The Balaban J connectivity index is 1.46. The summed E-state index contributed by atoms with van der Waals surface area (Å²) in [5.41, 5.74) is 2.19. The Morgan fingerprint density at radius 2 is 2.11 bits per heavy atom. The predicted molar refractivity (Wildman–Crippen MR) is 121 cm³/mol. The molecule has 190 valence electrons. The molecular weight excluding hydrogens is 465 g/mol. The van der Waals surface area contributed by atoms with Crippen molar-refractivity contribution in [2.24, 2.45) is 5.92 Å². The van der Waals surface area contributed by atoms with Gasteiger partial charge in [0.1, 0.15) is 12.3 Å². The zero-order valence-electron chi connectivity index (χ0n) is 19.6. The van der Waals surface area contributed by atoms with Gasteiger partial charge in [-0.15, -0.1) is 0 Å². The van der Waals surface area contributed by atoms with E-state index in [2.05, 4.69) is 14.9 Å².